The molecule has 9 atom stereocenters. The van der Waals surface area contributed by atoms with Gasteiger partial charge in [-0.1, -0.05) is 13.8 Å². The quantitative estimate of drug-likeness (QED) is 0.188. The maximum atomic E-state index is 14.7. The van der Waals surface area contributed by atoms with Crippen LogP contribution in [0.5, 0.6) is 17.2 Å². The van der Waals surface area contributed by atoms with E-state index in [9.17, 15) is 34.5 Å². The van der Waals surface area contributed by atoms with Crippen molar-refractivity contribution in [3.63, 3.8) is 0 Å². The van der Waals surface area contributed by atoms with Gasteiger partial charge >= 0.3 is 17.9 Å². The highest BCUT2D eigenvalue weighted by molar-refractivity contribution is 5.94. The van der Waals surface area contributed by atoms with Crippen LogP contribution < -0.4 is 0 Å². The van der Waals surface area contributed by atoms with Crippen LogP contribution in [0.1, 0.15) is 82.3 Å². The molecule has 1 aromatic carbocycles. The minimum atomic E-state index is -1.32. The lowest BCUT2D eigenvalue weighted by Crippen LogP contribution is -2.74. The van der Waals surface area contributed by atoms with Gasteiger partial charge in [-0.15, -0.1) is 0 Å². The number of benzene rings is 1. The summed E-state index contributed by atoms with van der Waals surface area (Å²) in [7, 11) is 0. The molecule has 1 spiro atoms. The van der Waals surface area contributed by atoms with Crippen molar-refractivity contribution >= 4 is 23.7 Å². The fraction of sp³-hybridized carbons (Fsp3) is 0.576. The molecule has 0 radical (unpaired) electrons. The van der Waals surface area contributed by atoms with E-state index in [0.717, 1.165) is 12.1 Å². The van der Waals surface area contributed by atoms with Crippen molar-refractivity contribution in [3.05, 3.63) is 41.9 Å². The van der Waals surface area contributed by atoms with Gasteiger partial charge in [0.05, 0.1) is 29.9 Å². The lowest BCUT2D eigenvalue weighted by Gasteiger charge is -2.67. The summed E-state index contributed by atoms with van der Waals surface area (Å²) < 4.78 is 29.4. The fourth-order valence-corrected chi connectivity index (χ4v) is 9.84. The first kappa shape index (κ1) is 29.6. The molecular formula is C33H36O12. The minimum absolute atomic E-state index is 0.0662. The largest absolute Gasteiger partial charge is 0.504 e. The minimum Gasteiger partial charge on any atom is -0.504 e. The summed E-state index contributed by atoms with van der Waals surface area (Å²) in [6.07, 6.45) is 1.90. The van der Waals surface area contributed by atoms with Crippen molar-refractivity contribution in [3.8, 4) is 17.2 Å². The number of rotatable bonds is 5. The highest BCUT2D eigenvalue weighted by Gasteiger charge is 2.88. The molecule has 5 fully saturated rings. The molecule has 240 valence electrons. The molecule has 0 bridgehead atoms. The van der Waals surface area contributed by atoms with E-state index in [1.165, 1.54) is 12.5 Å². The summed E-state index contributed by atoms with van der Waals surface area (Å²) in [5.41, 5.74) is -4.89. The molecule has 2 aromatic rings. The normalized spacial score (nSPS) is 40.2. The molecule has 7 rings (SSSR count). The van der Waals surface area contributed by atoms with Gasteiger partial charge < -0.3 is 38.7 Å². The zero-order chi connectivity index (χ0) is 32.5. The van der Waals surface area contributed by atoms with Crippen LogP contribution in [0.15, 0.2) is 35.1 Å². The highest BCUT2D eigenvalue weighted by atomic mass is 16.7. The molecule has 45 heavy (non-hydrogen) atoms. The Morgan fingerprint density at radius 1 is 1.00 bits per heavy atom. The Kier molecular flexibility index (Phi) is 5.94. The molecular weight excluding hydrogens is 588 g/mol. The lowest BCUT2D eigenvalue weighted by molar-refractivity contribution is -0.252. The Morgan fingerprint density at radius 3 is 2.27 bits per heavy atom. The monoisotopic (exact) mass is 624 g/mol. The highest BCUT2D eigenvalue weighted by Crippen LogP contribution is 2.78. The molecule has 3 saturated heterocycles. The summed E-state index contributed by atoms with van der Waals surface area (Å²) in [5.74, 6) is -5.20. The predicted octanol–water partition coefficient (Wildman–Crippen LogP) is 4.10. The second-order valence-corrected chi connectivity index (χ2v) is 14.4. The number of phenolic OH excluding ortho intramolecular Hbond substituents is 3. The maximum Gasteiger partial charge on any atom is 0.339 e. The SMILES string of the molecule is CC(C)(OC(=O)c1cc(O)c(O)c(O)c1)[C@@H]1CC(=O)[C@]2(C)[C@H](CC[C@@]3(C)[C@H](c4ccoc4)OC(=O)[C@H]4O[C@]432)[C@@]1(C)[C@H]1CC(=O)O1. The molecule has 5 aliphatic rings. The molecule has 12 nitrogen and oxygen atoms in total. The van der Waals surface area contributed by atoms with Crippen LogP contribution in [-0.2, 0) is 33.3 Å². The van der Waals surface area contributed by atoms with Gasteiger partial charge in [0.25, 0.3) is 0 Å². The van der Waals surface area contributed by atoms with E-state index in [4.69, 9.17) is 23.4 Å². The number of ketones is 1. The van der Waals surface area contributed by atoms with E-state index in [1.807, 2.05) is 20.8 Å². The van der Waals surface area contributed by atoms with Crippen LogP contribution in [0.25, 0.3) is 0 Å². The molecule has 0 unspecified atom stereocenters. The average Bonchev–Trinajstić information content (AvgIpc) is 3.53. The summed E-state index contributed by atoms with van der Waals surface area (Å²) in [4.78, 5) is 53.6. The van der Waals surface area contributed by atoms with Gasteiger partial charge in [-0.25, -0.2) is 9.59 Å². The predicted molar refractivity (Wildman–Crippen MR) is 151 cm³/mol. The summed E-state index contributed by atoms with van der Waals surface area (Å²) >= 11 is 0. The summed E-state index contributed by atoms with van der Waals surface area (Å²) in [6, 6.07) is 3.71. The average molecular weight is 625 g/mol. The van der Waals surface area contributed by atoms with E-state index in [1.54, 1.807) is 19.9 Å². The van der Waals surface area contributed by atoms with E-state index >= 15 is 0 Å². The molecule has 3 N–H and O–H groups in total. The number of hydrogen-bond acceptors (Lipinski definition) is 12. The number of fused-ring (bicyclic) bond motifs is 1. The van der Waals surface area contributed by atoms with Crippen molar-refractivity contribution in [2.75, 3.05) is 0 Å². The number of phenols is 3. The van der Waals surface area contributed by atoms with E-state index in [-0.39, 0.29) is 30.2 Å². The van der Waals surface area contributed by atoms with Crippen molar-refractivity contribution in [2.45, 2.75) is 89.8 Å². The zero-order valence-corrected chi connectivity index (χ0v) is 25.6. The van der Waals surface area contributed by atoms with Gasteiger partial charge in [0.2, 0.25) is 0 Å². The molecule has 4 heterocycles. The van der Waals surface area contributed by atoms with Crippen LogP contribution in [-0.4, -0.2) is 62.4 Å². The number of ether oxygens (including phenoxy) is 4. The van der Waals surface area contributed by atoms with E-state index < -0.39 is 86.8 Å². The number of cyclic esters (lactones) is 2. The number of aromatic hydroxyl groups is 3. The van der Waals surface area contributed by atoms with Crippen molar-refractivity contribution in [1.82, 2.24) is 0 Å². The Balaban J connectivity index is 1.30. The topological polar surface area (TPSA) is 182 Å². The van der Waals surface area contributed by atoms with Crippen LogP contribution in [0.2, 0.25) is 0 Å². The second kappa shape index (κ2) is 9.02. The van der Waals surface area contributed by atoms with Gasteiger partial charge in [-0.05, 0) is 57.7 Å². The first-order chi connectivity index (χ1) is 21.0. The Hall–Kier alpha value is -4.06. The maximum absolute atomic E-state index is 14.7. The third kappa shape index (κ3) is 3.57. The van der Waals surface area contributed by atoms with E-state index in [2.05, 4.69) is 0 Å². The Labute approximate surface area is 258 Å². The number of carbonyl (C=O) groups is 4. The zero-order valence-electron chi connectivity index (χ0n) is 25.6. The van der Waals surface area contributed by atoms with Crippen molar-refractivity contribution in [2.24, 2.45) is 28.1 Å². The van der Waals surface area contributed by atoms with Crippen LogP contribution in [0.4, 0.5) is 0 Å². The molecule has 2 aliphatic carbocycles. The van der Waals surface area contributed by atoms with Crippen LogP contribution >= 0.6 is 0 Å². The number of Topliss-reactive ketones (excluding diaryl/α,β-unsaturated/α-hetero) is 1. The van der Waals surface area contributed by atoms with Gasteiger partial charge in [0.15, 0.2) is 23.4 Å². The van der Waals surface area contributed by atoms with Crippen molar-refractivity contribution in [1.29, 1.82) is 0 Å². The third-order valence-electron chi connectivity index (χ3n) is 12.0. The van der Waals surface area contributed by atoms with Crippen LogP contribution in [0.3, 0.4) is 0 Å². The molecule has 1 aromatic heterocycles. The van der Waals surface area contributed by atoms with Gasteiger partial charge in [0.1, 0.15) is 29.2 Å². The molecule has 12 heteroatoms. The first-order valence-electron chi connectivity index (χ1n) is 15.1. The van der Waals surface area contributed by atoms with Gasteiger partial charge in [0, 0.05) is 28.7 Å². The summed E-state index contributed by atoms with van der Waals surface area (Å²) in [6.45, 7) is 9.17. The van der Waals surface area contributed by atoms with E-state index in [0.29, 0.717) is 18.4 Å². The van der Waals surface area contributed by atoms with Gasteiger partial charge in [-0.3, -0.25) is 9.59 Å². The third-order valence-corrected chi connectivity index (χ3v) is 12.0. The number of esters is 3. The fourth-order valence-electron chi connectivity index (χ4n) is 9.84. The lowest BCUT2D eigenvalue weighted by atomic mass is 9.36. The number of hydrogen-bond donors (Lipinski definition) is 3. The number of epoxide rings is 1. The molecule has 3 aliphatic heterocycles. The number of furan rings is 1. The van der Waals surface area contributed by atoms with Crippen molar-refractivity contribution < 1.29 is 57.9 Å². The molecule has 0 amide bonds. The molecule has 2 saturated carbocycles. The Morgan fingerprint density at radius 2 is 1.67 bits per heavy atom. The van der Waals surface area contributed by atoms with Crippen LogP contribution in [0, 0.1) is 28.1 Å². The standard InChI is InChI=1S/C33H36O12/c1-29(2,45-27(39)16-10-17(34)24(38)18(35)11-16)20-12-21(36)32(5)19(31(20,4)22-13-23(37)42-22)6-8-30(3)25(15-7-9-41-14-15)43-28(40)26-33(30,32)44-26/h7,9-11,14,19-20,22,25-26,34-35,38H,6,8,12-13H2,1-5H3/t19-,20+,22-,25+,26-,30+,31-,32+,33-/m1/s1. The first-order valence-corrected chi connectivity index (χ1v) is 15.1. The smallest absolute Gasteiger partial charge is 0.339 e. The summed E-state index contributed by atoms with van der Waals surface area (Å²) in [5, 5.41) is 29.7. The number of carbonyl (C=O) groups excluding carboxylic acids is 4. The Bertz CT molecular complexity index is 1610. The van der Waals surface area contributed by atoms with Gasteiger partial charge in [-0.2, -0.15) is 0 Å². The second-order valence-electron chi connectivity index (χ2n) is 14.4.